The van der Waals surface area contributed by atoms with Crippen molar-refractivity contribution in [3.63, 3.8) is 0 Å². The number of hydrogen-bond acceptors (Lipinski definition) is 3. The van der Waals surface area contributed by atoms with E-state index in [2.05, 4.69) is 88.0 Å². The molecule has 0 N–H and O–H groups in total. The van der Waals surface area contributed by atoms with Gasteiger partial charge in [-0.25, -0.2) is 0 Å². The van der Waals surface area contributed by atoms with Crippen molar-refractivity contribution in [2.24, 2.45) is 0 Å². The Morgan fingerprint density at radius 2 is 1.26 bits per heavy atom. The zero-order chi connectivity index (χ0) is 13.8. The molecule has 2 heterocycles. The molecule has 0 saturated carbocycles. The van der Waals surface area contributed by atoms with E-state index < -0.39 is 0 Å². The van der Waals surface area contributed by atoms with Crippen molar-refractivity contribution in [1.82, 2.24) is 0 Å². The van der Waals surface area contributed by atoms with Gasteiger partial charge in [0.2, 0.25) is 0 Å². The molecule has 104 valence electrons. The first-order valence-electron chi connectivity index (χ1n) is 5.42. The molecule has 0 aromatic carbocycles. The van der Waals surface area contributed by atoms with Crippen LogP contribution in [0.4, 0.5) is 0 Å². The minimum Gasteiger partial charge on any atom is -0.362 e. The predicted octanol–water partition coefficient (Wildman–Crippen LogP) is 6.92. The zero-order valence-electron chi connectivity index (χ0n) is 9.61. The second kappa shape index (κ2) is 8.06. The molecule has 2 aromatic heterocycles. The van der Waals surface area contributed by atoms with Gasteiger partial charge in [-0.2, -0.15) is 0 Å². The maximum Gasteiger partial charge on any atom is 0.102 e. The summed E-state index contributed by atoms with van der Waals surface area (Å²) in [6, 6.07) is 8.33. The minimum atomic E-state index is 0.0692. The van der Waals surface area contributed by atoms with Crippen LogP contribution in [0, 0.1) is 0 Å². The van der Waals surface area contributed by atoms with Crippen molar-refractivity contribution in [3.8, 4) is 0 Å². The van der Waals surface area contributed by atoms with Gasteiger partial charge in [-0.1, -0.05) is 31.9 Å². The quantitative estimate of drug-likeness (QED) is 0.353. The minimum absolute atomic E-state index is 0.0692. The Balaban J connectivity index is 2.12. The highest BCUT2D eigenvalue weighted by Gasteiger charge is 2.21. The van der Waals surface area contributed by atoms with Gasteiger partial charge in [0.25, 0.3) is 0 Å². The molecule has 0 aliphatic heterocycles. The Hall–Kier alpha value is 1.28. The summed E-state index contributed by atoms with van der Waals surface area (Å²) >= 11 is 17.5. The Bertz CT molecular complexity index is 479. The van der Waals surface area contributed by atoms with Gasteiger partial charge in [-0.05, 0) is 56.1 Å². The van der Waals surface area contributed by atoms with Crippen LogP contribution < -0.4 is 0 Å². The van der Waals surface area contributed by atoms with Gasteiger partial charge in [0.1, 0.15) is 12.2 Å². The molecule has 2 atom stereocenters. The second-order valence-electron chi connectivity index (χ2n) is 3.71. The Morgan fingerprint density at radius 1 is 0.842 bits per heavy atom. The van der Waals surface area contributed by atoms with Crippen LogP contribution in [-0.2, 0) is 4.74 Å². The first kappa shape index (κ1) is 16.6. The summed E-state index contributed by atoms with van der Waals surface area (Å²) in [6.07, 6.45) is 0.138. The molecule has 7 heteroatoms. The standard InChI is InChI=1S/C12H10Br4OS2/c13-5-7(9-1-3-11(15)18-9)17-8(6-14)10-2-4-12(16)19-10/h1-4,7-8H,5-6H2. The third-order valence-electron chi connectivity index (χ3n) is 2.43. The third-order valence-corrected chi connectivity index (χ3v) is 7.04. The van der Waals surface area contributed by atoms with Crippen molar-refractivity contribution < 1.29 is 4.74 Å². The number of rotatable bonds is 6. The molecule has 0 fully saturated rings. The molecule has 2 rings (SSSR count). The highest BCUT2D eigenvalue weighted by molar-refractivity contribution is 9.11. The first-order valence-corrected chi connectivity index (χ1v) is 10.9. The highest BCUT2D eigenvalue weighted by Crippen LogP contribution is 2.37. The largest absolute Gasteiger partial charge is 0.362 e. The van der Waals surface area contributed by atoms with Crippen molar-refractivity contribution in [1.29, 1.82) is 0 Å². The van der Waals surface area contributed by atoms with E-state index in [1.807, 2.05) is 0 Å². The molecular weight excluding hydrogens is 544 g/mol. The summed E-state index contributed by atoms with van der Waals surface area (Å²) in [5.74, 6) is 0. The van der Waals surface area contributed by atoms with Crippen LogP contribution in [0.1, 0.15) is 22.0 Å². The number of halogens is 4. The monoisotopic (exact) mass is 550 g/mol. The number of hydrogen-bond donors (Lipinski definition) is 0. The van der Waals surface area contributed by atoms with Gasteiger partial charge in [0.05, 0.1) is 7.57 Å². The second-order valence-corrected chi connectivity index (χ2v) is 9.99. The molecule has 0 amide bonds. The van der Waals surface area contributed by atoms with Gasteiger partial charge in [0.15, 0.2) is 0 Å². The number of ether oxygens (including phenoxy) is 1. The molecule has 1 nitrogen and oxygen atoms in total. The SMILES string of the molecule is BrCC(OC(CBr)c1ccc(Br)s1)c1ccc(Br)s1. The average Bonchev–Trinajstić information content (AvgIpc) is 3.00. The first-order chi connectivity index (χ1) is 9.13. The molecule has 0 saturated heterocycles. The molecule has 19 heavy (non-hydrogen) atoms. The summed E-state index contributed by atoms with van der Waals surface area (Å²) < 4.78 is 8.49. The molecular formula is C12H10Br4OS2. The average molecular weight is 554 g/mol. The fourth-order valence-electron chi connectivity index (χ4n) is 1.56. The van der Waals surface area contributed by atoms with Crippen LogP contribution in [0.3, 0.4) is 0 Å². The summed E-state index contributed by atoms with van der Waals surface area (Å²) in [5, 5.41) is 1.58. The van der Waals surface area contributed by atoms with Crippen molar-refractivity contribution >= 4 is 86.4 Å². The lowest BCUT2D eigenvalue weighted by Gasteiger charge is -2.20. The van der Waals surface area contributed by atoms with Crippen LogP contribution in [0.5, 0.6) is 0 Å². The fourth-order valence-corrected chi connectivity index (χ4v) is 5.91. The summed E-state index contributed by atoms with van der Waals surface area (Å²) in [6.45, 7) is 0. The van der Waals surface area contributed by atoms with Crippen LogP contribution in [0.25, 0.3) is 0 Å². The molecule has 0 aliphatic carbocycles. The lowest BCUT2D eigenvalue weighted by atomic mass is 10.3. The maximum absolute atomic E-state index is 6.23. The third kappa shape index (κ3) is 4.63. The number of thiophene rings is 2. The van der Waals surface area contributed by atoms with Gasteiger partial charge < -0.3 is 4.74 Å². The van der Waals surface area contributed by atoms with Gasteiger partial charge in [-0.3, -0.25) is 0 Å². The van der Waals surface area contributed by atoms with E-state index >= 15 is 0 Å². The topological polar surface area (TPSA) is 9.23 Å². The van der Waals surface area contributed by atoms with Crippen LogP contribution in [-0.4, -0.2) is 10.7 Å². The summed E-state index contributed by atoms with van der Waals surface area (Å²) in [5.41, 5.74) is 0. The van der Waals surface area contributed by atoms with E-state index in [0.717, 1.165) is 18.2 Å². The molecule has 0 radical (unpaired) electrons. The molecule has 0 spiro atoms. The van der Waals surface area contributed by atoms with Gasteiger partial charge in [0, 0.05) is 20.4 Å². The van der Waals surface area contributed by atoms with Crippen molar-refractivity contribution in [2.75, 3.05) is 10.7 Å². The Kier molecular flexibility index (Phi) is 7.06. The van der Waals surface area contributed by atoms with Crippen molar-refractivity contribution in [2.45, 2.75) is 12.2 Å². The Labute approximate surface area is 154 Å². The van der Waals surface area contributed by atoms with E-state index in [1.165, 1.54) is 9.75 Å². The van der Waals surface area contributed by atoms with Crippen LogP contribution in [0.2, 0.25) is 0 Å². The highest BCUT2D eigenvalue weighted by atomic mass is 79.9. The van der Waals surface area contributed by atoms with E-state index in [4.69, 9.17) is 4.74 Å². The molecule has 2 aromatic rings. The number of alkyl halides is 2. The smallest absolute Gasteiger partial charge is 0.102 e. The van der Waals surface area contributed by atoms with E-state index in [1.54, 1.807) is 22.7 Å². The maximum atomic E-state index is 6.23. The van der Waals surface area contributed by atoms with Gasteiger partial charge >= 0.3 is 0 Å². The Morgan fingerprint density at radius 3 is 1.53 bits per heavy atom. The molecule has 0 bridgehead atoms. The predicted molar refractivity (Wildman–Crippen MR) is 98.2 cm³/mol. The lowest BCUT2D eigenvalue weighted by Crippen LogP contribution is -2.11. The van der Waals surface area contributed by atoms with Crippen molar-refractivity contribution in [3.05, 3.63) is 41.6 Å². The lowest BCUT2D eigenvalue weighted by molar-refractivity contribution is 0.0168. The molecule has 2 unspecified atom stereocenters. The summed E-state index contributed by atoms with van der Waals surface area (Å²) in [7, 11) is 0. The van der Waals surface area contributed by atoms with E-state index in [9.17, 15) is 0 Å². The van der Waals surface area contributed by atoms with Crippen LogP contribution in [0.15, 0.2) is 31.8 Å². The summed E-state index contributed by atoms with van der Waals surface area (Å²) in [4.78, 5) is 2.45. The van der Waals surface area contributed by atoms with E-state index in [-0.39, 0.29) is 12.2 Å². The van der Waals surface area contributed by atoms with Crippen LogP contribution >= 0.6 is 86.4 Å². The zero-order valence-corrected chi connectivity index (χ0v) is 17.6. The molecule has 0 aliphatic rings. The fraction of sp³-hybridized carbons (Fsp3) is 0.333. The normalized spacial score (nSPS) is 14.5. The van der Waals surface area contributed by atoms with E-state index in [0.29, 0.717) is 0 Å². The van der Waals surface area contributed by atoms with Gasteiger partial charge in [-0.15, -0.1) is 22.7 Å².